The molecule has 1 aromatic carbocycles. The molecule has 1 aliphatic heterocycles. The van der Waals surface area contributed by atoms with Crippen LogP contribution in [0.1, 0.15) is 44.7 Å². The maximum Gasteiger partial charge on any atom is 0.416 e. The molecule has 2 aliphatic rings. The predicted molar refractivity (Wildman–Crippen MR) is 96.1 cm³/mol. The lowest BCUT2D eigenvalue weighted by Crippen LogP contribution is -2.37. The summed E-state index contributed by atoms with van der Waals surface area (Å²) in [5, 5.41) is 3.45. The van der Waals surface area contributed by atoms with Gasteiger partial charge in [0.25, 0.3) is 0 Å². The third kappa shape index (κ3) is 5.15. The van der Waals surface area contributed by atoms with Gasteiger partial charge < -0.3 is 15.0 Å². The Hall–Kier alpha value is -1.76. The zero-order chi connectivity index (χ0) is 19.8. The van der Waals surface area contributed by atoms with E-state index >= 15 is 0 Å². The third-order valence-corrected chi connectivity index (χ3v) is 5.28. The molecule has 1 saturated heterocycles. The van der Waals surface area contributed by atoms with Gasteiger partial charge in [0.15, 0.2) is 0 Å². The molecular weight excluding hydrogens is 357 g/mol. The summed E-state index contributed by atoms with van der Waals surface area (Å²) >= 11 is 0. The second kappa shape index (κ2) is 7.34. The first kappa shape index (κ1) is 20.0. The molecule has 0 aromatic heterocycles. The molecule has 1 N–H and O–H groups in total. The molecule has 27 heavy (non-hydrogen) atoms. The Morgan fingerprint density at radius 1 is 1.11 bits per heavy atom. The minimum absolute atomic E-state index is 0.244. The highest BCUT2D eigenvalue weighted by molar-refractivity contribution is 5.68. The zero-order valence-electron chi connectivity index (χ0n) is 16.0. The molecule has 1 heterocycles. The number of halogens is 3. The van der Waals surface area contributed by atoms with E-state index in [9.17, 15) is 18.0 Å². The van der Waals surface area contributed by atoms with Crippen LogP contribution in [-0.2, 0) is 17.5 Å². The number of amides is 1. The summed E-state index contributed by atoms with van der Waals surface area (Å²) in [7, 11) is 0. The molecule has 7 heteroatoms. The summed E-state index contributed by atoms with van der Waals surface area (Å²) < 4.78 is 43.3. The summed E-state index contributed by atoms with van der Waals surface area (Å²) in [5.41, 5.74) is -0.264. The molecule has 150 valence electrons. The molecule has 0 spiro atoms. The number of carbonyl (C=O) groups is 1. The van der Waals surface area contributed by atoms with E-state index in [1.165, 1.54) is 12.1 Å². The fourth-order valence-electron chi connectivity index (χ4n) is 4.02. The van der Waals surface area contributed by atoms with Gasteiger partial charge >= 0.3 is 12.3 Å². The van der Waals surface area contributed by atoms with Gasteiger partial charge in [-0.1, -0.05) is 12.1 Å². The Morgan fingerprint density at radius 2 is 1.67 bits per heavy atom. The fourth-order valence-corrected chi connectivity index (χ4v) is 4.02. The van der Waals surface area contributed by atoms with Gasteiger partial charge in [0.2, 0.25) is 0 Å². The topological polar surface area (TPSA) is 41.6 Å². The van der Waals surface area contributed by atoms with E-state index in [0.717, 1.165) is 43.6 Å². The first-order chi connectivity index (χ1) is 12.5. The molecular formula is C20H27F3N2O2. The van der Waals surface area contributed by atoms with Crippen LogP contribution in [0.3, 0.4) is 0 Å². The number of fused-ring (bicyclic) bond motifs is 1. The number of nitrogens with one attached hydrogen (secondary N) is 1. The highest BCUT2D eigenvalue weighted by Gasteiger charge is 2.43. The van der Waals surface area contributed by atoms with Crippen molar-refractivity contribution in [1.82, 2.24) is 10.2 Å². The van der Waals surface area contributed by atoms with E-state index in [-0.39, 0.29) is 6.09 Å². The first-order valence-corrected chi connectivity index (χ1v) is 9.39. The van der Waals surface area contributed by atoms with E-state index in [4.69, 9.17) is 4.74 Å². The van der Waals surface area contributed by atoms with Crippen molar-refractivity contribution in [3.63, 3.8) is 0 Å². The maximum absolute atomic E-state index is 12.6. The second-order valence-corrected chi connectivity index (χ2v) is 8.65. The lowest BCUT2D eigenvalue weighted by atomic mass is 10.0. The van der Waals surface area contributed by atoms with Gasteiger partial charge in [-0.05, 0) is 63.1 Å². The zero-order valence-corrected chi connectivity index (χ0v) is 16.0. The maximum atomic E-state index is 12.6. The summed E-state index contributed by atoms with van der Waals surface area (Å²) in [6.07, 6.45) is -2.59. The molecule has 2 fully saturated rings. The van der Waals surface area contributed by atoms with E-state index in [1.54, 1.807) is 4.90 Å². The number of benzene rings is 1. The van der Waals surface area contributed by atoms with Crippen molar-refractivity contribution in [2.24, 2.45) is 11.8 Å². The van der Waals surface area contributed by atoms with Crippen molar-refractivity contribution in [3.8, 4) is 0 Å². The summed E-state index contributed by atoms with van der Waals surface area (Å²) in [5.74, 6) is 0.922. The number of hydrogen-bond donors (Lipinski definition) is 1. The minimum atomic E-state index is -4.30. The largest absolute Gasteiger partial charge is 0.444 e. The molecule has 1 saturated carbocycles. The molecule has 3 atom stereocenters. The van der Waals surface area contributed by atoms with Crippen molar-refractivity contribution >= 4 is 6.09 Å². The van der Waals surface area contributed by atoms with Crippen molar-refractivity contribution in [2.75, 3.05) is 13.1 Å². The predicted octanol–water partition coefficient (Wildman–Crippen LogP) is 4.44. The number of alkyl halides is 3. The van der Waals surface area contributed by atoms with Gasteiger partial charge in [0, 0.05) is 25.7 Å². The number of ether oxygens (including phenoxy) is 1. The molecule has 1 aliphatic carbocycles. The highest BCUT2D eigenvalue weighted by Crippen LogP contribution is 2.38. The smallest absolute Gasteiger partial charge is 0.416 e. The van der Waals surface area contributed by atoms with Gasteiger partial charge in [0.1, 0.15) is 5.60 Å². The second-order valence-electron chi connectivity index (χ2n) is 8.65. The fraction of sp³-hybridized carbons (Fsp3) is 0.650. The summed E-state index contributed by atoms with van der Waals surface area (Å²) in [6, 6.07) is 5.63. The van der Waals surface area contributed by atoms with Crippen LogP contribution < -0.4 is 5.32 Å². The monoisotopic (exact) mass is 384 g/mol. The van der Waals surface area contributed by atoms with Crippen molar-refractivity contribution < 1.29 is 22.7 Å². The Morgan fingerprint density at radius 3 is 2.15 bits per heavy atom. The Bertz CT molecular complexity index is 653. The molecule has 3 rings (SSSR count). The highest BCUT2D eigenvalue weighted by atomic mass is 19.4. The molecule has 1 unspecified atom stereocenters. The molecule has 1 amide bonds. The van der Waals surface area contributed by atoms with E-state index in [2.05, 4.69) is 5.32 Å². The van der Waals surface area contributed by atoms with E-state index in [1.807, 2.05) is 20.8 Å². The molecule has 0 bridgehead atoms. The van der Waals surface area contributed by atoms with Gasteiger partial charge in [0.05, 0.1) is 5.56 Å². The SMILES string of the molecule is CC(C)(C)OC(=O)N1C[C@H]2CC(NCc3ccc(C(F)(F)F)cc3)C[C@H]2C1. The number of carbonyl (C=O) groups excluding carboxylic acids is 1. The quantitative estimate of drug-likeness (QED) is 0.838. The molecule has 4 nitrogen and oxygen atoms in total. The van der Waals surface area contributed by atoms with Crippen LogP contribution in [0.2, 0.25) is 0 Å². The van der Waals surface area contributed by atoms with Gasteiger partial charge in [-0.3, -0.25) is 0 Å². The van der Waals surface area contributed by atoms with Crippen LogP contribution in [0.4, 0.5) is 18.0 Å². The summed E-state index contributed by atoms with van der Waals surface area (Å²) in [6.45, 7) is 7.59. The van der Waals surface area contributed by atoms with Gasteiger partial charge in [-0.25, -0.2) is 4.79 Å². The number of likely N-dealkylation sites (tertiary alicyclic amines) is 1. The Kier molecular flexibility index (Phi) is 5.43. The normalized spacial score (nSPS) is 25.6. The standard InChI is InChI=1S/C20H27F3N2O2/c1-19(2,3)27-18(26)25-11-14-8-17(9-15(14)12-25)24-10-13-4-6-16(7-5-13)20(21,22)23/h4-7,14-15,17,24H,8-12H2,1-3H3/t14-,15+,17?. The lowest BCUT2D eigenvalue weighted by Gasteiger charge is -2.25. The minimum Gasteiger partial charge on any atom is -0.444 e. The van der Waals surface area contributed by atoms with Gasteiger partial charge in [-0.2, -0.15) is 13.2 Å². The van der Waals surface area contributed by atoms with Crippen LogP contribution >= 0.6 is 0 Å². The average Bonchev–Trinajstić information content (AvgIpc) is 3.09. The molecule has 0 radical (unpaired) electrons. The number of nitrogens with zero attached hydrogens (tertiary/aromatic N) is 1. The number of hydrogen-bond acceptors (Lipinski definition) is 3. The Labute approximate surface area is 158 Å². The lowest BCUT2D eigenvalue weighted by molar-refractivity contribution is -0.137. The van der Waals surface area contributed by atoms with Crippen LogP contribution in [0.25, 0.3) is 0 Å². The van der Waals surface area contributed by atoms with Crippen LogP contribution in [0.15, 0.2) is 24.3 Å². The average molecular weight is 384 g/mol. The van der Waals surface area contributed by atoms with Crippen LogP contribution in [-0.4, -0.2) is 35.7 Å². The first-order valence-electron chi connectivity index (χ1n) is 9.39. The van der Waals surface area contributed by atoms with E-state index < -0.39 is 17.3 Å². The van der Waals surface area contributed by atoms with Crippen molar-refractivity contribution in [3.05, 3.63) is 35.4 Å². The van der Waals surface area contributed by atoms with Crippen LogP contribution in [0.5, 0.6) is 0 Å². The Balaban J connectivity index is 1.45. The number of rotatable bonds is 3. The van der Waals surface area contributed by atoms with Crippen molar-refractivity contribution in [1.29, 1.82) is 0 Å². The third-order valence-electron chi connectivity index (χ3n) is 5.28. The summed E-state index contributed by atoms with van der Waals surface area (Å²) in [4.78, 5) is 14.0. The molecule has 1 aromatic rings. The van der Waals surface area contributed by atoms with Gasteiger partial charge in [-0.15, -0.1) is 0 Å². The van der Waals surface area contributed by atoms with Crippen molar-refractivity contribution in [2.45, 2.75) is 58.0 Å². The van der Waals surface area contributed by atoms with Crippen LogP contribution in [0, 0.1) is 11.8 Å². The van der Waals surface area contributed by atoms with E-state index in [0.29, 0.717) is 24.4 Å².